The number of aliphatic carboxylic acids is 1. The molecule has 0 saturated heterocycles. The molecule has 1 aromatic carbocycles. The van der Waals surface area contributed by atoms with Gasteiger partial charge in [0.25, 0.3) is 5.69 Å². The van der Waals surface area contributed by atoms with Crippen LogP contribution in [0.3, 0.4) is 0 Å². The lowest BCUT2D eigenvalue weighted by atomic mass is 10.0. The van der Waals surface area contributed by atoms with E-state index >= 15 is 0 Å². The average molecular weight is 348 g/mol. The van der Waals surface area contributed by atoms with Crippen LogP contribution < -0.4 is 5.32 Å². The number of benzene rings is 1. The number of hydrogen-bond donors (Lipinski definition) is 2. The lowest BCUT2D eigenvalue weighted by Gasteiger charge is -2.17. The van der Waals surface area contributed by atoms with Crippen molar-refractivity contribution in [3.05, 3.63) is 62.3 Å². The summed E-state index contributed by atoms with van der Waals surface area (Å²) < 4.78 is 0. The summed E-state index contributed by atoms with van der Waals surface area (Å²) in [7, 11) is 0. The number of carbonyl (C=O) groups is 2. The molecule has 0 aliphatic rings. The Labute approximate surface area is 142 Å². The second-order valence-electron chi connectivity index (χ2n) is 5.30. The summed E-state index contributed by atoms with van der Waals surface area (Å²) in [4.78, 5) is 33.2. The van der Waals surface area contributed by atoms with Gasteiger partial charge in [0.1, 0.15) is 0 Å². The number of amides is 1. The van der Waals surface area contributed by atoms with Gasteiger partial charge < -0.3 is 10.4 Å². The molecule has 1 heterocycles. The molecule has 1 aromatic heterocycles. The van der Waals surface area contributed by atoms with Crippen molar-refractivity contribution in [2.75, 3.05) is 0 Å². The highest BCUT2D eigenvalue weighted by Gasteiger charge is 2.17. The maximum atomic E-state index is 12.0. The van der Waals surface area contributed by atoms with E-state index in [1.54, 1.807) is 12.1 Å². The van der Waals surface area contributed by atoms with Crippen molar-refractivity contribution in [3.63, 3.8) is 0 Å². The van der Waals surface area contributed by atoms with Gasteiger partial charge in [-0.2, -0.15) is 11.3 Å². The molecule has 24 heavy (non-hydrogen) atoms. The van der Waals surface area contributed by atoms with Crippen molar-refractivity contribution in [2.24, 2.45) is 0 Å². The van der Waals surface area contributed by atoms with Crippen LogP contribution in [0, 0.1) is 10.1 Å². The Balaban J connectivity index is 2.00. The van der Waals surface area contributed by atoms with E-state index in [0.717, 1.165) is 11.1 Å². The lowest BCUT2D eigenvalue weighted by molar-refractivity contribution is -0.384. The number of carbonyl (C=O) groups excluding carboxylic acids is 1. The molecule has 7 nitrogen and oxygen atoms in total. The van der Waals surface area contributed by atoms with E-state index in [1.807, 2.05) is 16.8 Å². The molecule has 0 bridgehead atoms. The van der Waals surface area contributed by atoms with Gasteiger partial charge in [-0.25, -0.2) is 0 Å². The first kappa shape index (κ1) is 17.6. The number of nitrogens with one attached hydrogen (secondary N) is 1. The molecule has 1 amide bonds. The van der Waals surface area contributed by atoms with Crippen molar-refractivity contribution in [2.45, 2.75) is 25.3 Å². The minimum atomic E-state index is -1.02. The van der Waals surface area contributed by atoms with Crippen molar-refractivity contribution >= 4 is 28.9 Å². The molecule has 126 valence electrons. The fourth-order valence-corrected chi connectivity index (χ4v) is 2.95. The lowest BCUT2D eigenvalue weighted by Crippen LogP contribution is -2.38. The van der Waals surface area contributed by atoms with Crippen LogP contribution in [-0.2, 0) is 22.4 Å². The van der Waals surface area contributed by atoms with Crippen LogP contribution in [0.2, 0.25) is 0 Å². The molecule has 0 fully saturated rings. The highest BCUT2D eigenvalue weighted by Crippen LogP contribution is 2.14. The summed E-state index contributed by atoms with van der Waals surface area (Å²) in [6, 6.07) is 7.12. The van der Waals surface area contributed by atoms with E-state index in [0.29, 0.717) is 6.42 Å². The number of nitro groups is 1. The zero-order valence-corrected chi connectivity index (χ0v) is 13.5. The van der Waals surface area contributed by atoms with E-state index in [-0.39, 0.29) is 24.4 Å². The summed E-state index contributed by atoms with van der Waals surface area (Å²) in [5.74, 6) is -1.26. The predicted octanol–water partition coefficient (Wildman–Crippen LogP) is 2.40. The van der Waals surface area contributed by atoms with E-state index in [9.17, 15) is 19.7 Å². The average Bonchev–Trinajstić information content (AvgIpc) is 2.99. The Morgan fingerprint density at radius 1 is 1.21 bits per heavy atom. The number of rotatable bonds is 8. The van der Waals surface area contributed by atoms with Gasteiger partial charge in [-0.1, -0.05) is 12.1 Å². The van der Waals surface area contributed by atoms with Gasteiger partial charge in [0.2, 0.25) is 5.91 Å². The van der Waals surface area contributed by atoms with Gasteiger partial charge in [-0.05, 0) is 34.4 Å². The molecule has 2 N–H and O–H groups in total. The summed E-state index contributed by atoms with van der Waals surface area (Å²) in [5, 5.41) is 26.1. The minimum Gasteiger partial charge on any atom is -0.481 e. The van der Waals surface area contributed by atoms with Crippen LogP contribution in [0.15, 0.2) is 41.1 Å². The van der Waals surface area contributed by atoms with Crippen LogP contribution in [0.4, 0.5) is 5.69 Å². The Morgan fingerprint density at radius 2 is 1.92 bits per heavy atom. The normalized spacial score (nSPS) is 11.7. The molecule has 0 aliphatic heterocycles. The number of thiophene rings is 1. The first-order valence-electron chi connectivity index (χ1n) is 7.19. The van der Waals surface area contributed by atoms with Gasteiger partial charge in [0, 0.05) is 18.2 Å². The first-order chi connectivity index (χ1) is 11.4. The molecule has 0 saturated carbocycles. The number of carboxylic acids is 1. The van der Waals surface area contributed by atoms with E-state index in [2.05, 4.69) is 5.32 Å². The summed E-state index contributed by atoms with van der Waals surface area (Å²) in [5.41, 5.74) is 1.57. The SMILES string of the molecule is O=C(O)C[C@H](Cc1ccc([N+](=O)[O-])cc1)NC(=O)Cc1ccsc1. The summed E-state index contributed by atoms with van der Waals surface area (Å²) in [6.07, 6.45) is 0.270. The molecule has 2 rings (SSSR count). The molecule has 0 aliphatic carbocycles. The van der Waals surface area contributed by atoms with E-state index in [1.165, 1.54) is 23.5 Å². The van der Waals surface area contributed by atoms with Crippen LogP contribution in [-0.4, -0.2) is 27.9 Å². The van der Waals surface area contributed by atoms with Gasteiger partial charge in [0.15, 0.2) is 0 Å². The molecule has 0 unspecified atom stereocenters. The molecular weight excluding hydrogens is 332 g/mol. The van der Waals surface area contributed by atoms with Crippen LogP contribution in [0.25, 0.3) is 0 Å². The Morgan fingerprint density at radius 3 is 2.46 bits per heavy atom. The van der Waals surface area contributed by atoms with Crippen LogP contribution >= 0.6 is 11.3 Å². The molecule has 0 radical (unpaired) electrons. The molecule has 1 atom stereocenters. The smallest absolute Gasteiger partial charge is 0.305 e. The fraction of sp³-hybridized carbons (Fsp3) is 0.250. The molecule has 2 aromatic rings. The zero-order valence-electron chi connectivity index (χ0n) is 12.7. The van der Waals surface area contributed by atoms with Gasteiger partial charge in [0.05, 0.1) is 17.8 Å². The second-order valence-corrected chi connectivity index (χ2v) is 6.08. The third-order valence-electron chi connectivity index (χ3n) is 3.36. The number of hydrogen-bond acceptors (Lipinski definition) is 5. The predicted molar refractivity (Wildman–Crippen MR) is 89.0 cm³/mol. The quantitative estimate of drug-likeness (QED) is 0.562. The second kappa shape index (κ2) is 8.21. The van der Waals surface area contributed by atoms with E-state index < -0.39 is 16.9 Å². The highest BCUT2D eigenvalue weighted by molar-refractivity contribution is 7.08. The maximum absolute atomic E-state index is 12.0. The number of carboxylic acid groups (broad SMARTS) is 1. The van der Waals surface area contributed by atoms with Crippen LogP contribution in [0.5, 0.6) is 0 Å². The minimum absolute atomic E-state index is 0.0324. The van der Waals surface area contributed by atoms with Gasteiger partial charge in [-0.3, -0.25) is 19.7 Å². The number of nitro benzene ring substituents is 1. The largest absolute Gasteiger partial charge is 0.481 e. The summed E-state index contributed by atoms with van der Waals surface area (Å²) in [6.45, 7) is 0. The molecule has 8 heteroatoms. The Hall–Kier alpha value is -2.74. The van der Waals surface area contributed by atoms with Crippen LogP contribution in [0.1, 0.15) is 17.5 Å². The monoisotopic (exact) mass is 348 g/mol. The molecule has 0 spiro atoms. The maximum Gasteiger partial charge on any atom is 0.305 e. The topological polar surface area (TPSA) is 110 Å². The number of non-ortho nitro benzene ring substituents is 1. The highest BCUT2D eigenvalue weighted by atomic mass is 32.1. The van der Waals surface area contributed by atoms with Gasteiger partial charge in [-0.15, -0.1) is 0 Å². The zero-order chi connectivity index (χ0) is 17.5. The number of nitrogens with zero attached hydrogens (tertiary/aromatic N) is 1. The third kappa shape index (κ3) is 5.47. The van der Waals surface area contributed by atoms with Gasteiger partial charge >= 0.3 is 5.97 Å². The Kier molecular flexibility index (Phi) is 6.02. The van der Waals surface area contributed by atoms with Crippen molar-refractivity contribution in [1.82, 2.24) is 5.32 Å². The standard InChI is InChI=1S/C16H16N2O5S/c19-15(8-12-5-6-24-10-12)17-13(9-16(20)21)7-11-1-3-14(4-2-11)18(22)23/h1-6,10,13H,7-9H2,(H,17,19)(H,20,21)/t13-/m0/s1. The van der Waals surface area contributed by atoms with E-state index in [4.69, 9.17) is 5.11 Å². The van der Waals surface area contributed by atoms with Crippen molar-refractivity contribution in [3.8, 4) is 0 Å². The first-order valence-corrected chi connectivity index (χ1v) is 8.14. The third-order valence-corrected chi connectivity index (χ3v) is 4.09. The van der Waals surface area contributed by atoms with Crippen molar-refractivity contribution < 1.29 is 19.6 Å². The Bertz CT molecular complexity index is 713. The van der Waals surface area contributed by atoms with Crippen molar-refractivity contribution in [1.29, 1.82) is 0 Å². The molecular formula is C16H16N2O5S. The fourth-order valence-electron chi connectivity index (χ4n) is 2.28. The summed E-state index contributed by atoms with van der Waals surface area (Å²) >= 11 is 1.49.